The SMILES string of the molecule is CC1(C)CC(NC(=O)CCCC(N)c2ccccc2)C(C)(C)N1O. The second-order valence-electron chi connectivity index (χ2n) is 8.01. The number of carbonyl (C=O) groups is 1. The van der Waals surface area contributed by atoms with Gasteiger partial charge < -0.3 is 16.3 Å². The minimum absolute atomic E-state index is 0.0273. The highest BCUT2D eigenvalue weighted by Crippen LogP contribution is 2.39. The molecule has 4 N–H and O–H groups in total. The Hall–Kier alpha value is -1.43. The third-order valence-electron chi connectivity index (χ3n) is 5.16. The third kappa shape index (κ3) is 4.15. The number of benzene rings is 1. The van der Waals surface area contributed by atoms with Gasteiger partial charge in [0.15, 0.2) is 0 Å². The summed E-state index contributed by atoms with van der Waals surface area (Å²) in [6, 6.07) is 9.87. The largest absolute Gasteiger partial charge is 0.351 e. The summed E-state index contributed by atoms with van der Waals surface area (Å²) in [6.45, 7) is 7.88. The summed E-state index contributed by atoms with van der Waals surface area (Å²) in [7, 11) is 0. The van der Waals surface area contributed by atoms with E-state index in [0.717, 1.165) is 24.8 Å². The highest BCUT2D eigenvalue weighted by atomic mass is 16.5. The van der Waals surface area contributed by atoms with Crippen molar-refractivity contribution in [2.75, 3.05) is 0 Å². The second kappa shape index (κ2) is 7.21. The van der Waals surface area contributed by atoms with E-state index in [9.17, 15) is 10.0 Å². The smallest absolute Gasteiger partial charge is 0.220 e. The van der Waals surface area contributed by atoms with Crippen LogP contribution in [0.3, 0.4) is 0 Å². The van der Waals surface area contributed by atoms with E-state index in [0.29, 0.717) is 6.42 Å². The number of nitrogens with zero attached hydrogens (tertiary/aromatic N) is 1. The van der Waals surface area contributed by atoms with Gasteiger partial charge in [-0.1, -0.05) is 30.3 Å². The topological polar surface area (TPSA) is 78.6 Å². The molecule has 0 saturated carbocycles. The van der Waals surface area contributed by atoms with Crippen molar-refractivity contribution in [3.05, 3.63) is 35.9 Å². The van der Waals surface area contributed by atoms with Gasteiger partial charge >= 0.3 is 0 Å². The molecule has 1 saturated heterocycles. The molecule has 0 radical (unpaired) electrons. The Bertz CT molecular complexity index is 557. The maximum Gasteiger partial charge on any atom is 0.220 e. The Morgan fingerprint density at radius 1 is 1.33 bits per heavy atom. The van der Waals surface area contributed by atoms with E-state index in [1.165, 1.54) is 5.06 Å². The van der Waals surface area contributed by atoms with E-state index in [2.05, 4.69) is 5.32 Å². The van der Waals surface area contributed by atoms with E-state index >= 15 is 0 Å². The molecule has 1 aromatic rings. The number of nitrogens with two attached hydrogens (primary N) is 1. The fourth-order valence-corrected chi connectivity index (χ4v) is 3.61. The van der Waals surface area contributed by atoms with Crippen molar-refractivity contribution in [1.29, 1.82) is 0 Å². The van der Waals surface area contributed by atoms with Crippen LogP contribution in [0.4, 0.5) is 0 Å². The van der Waals surface area contributed by atoms with Gasteiger partial charge in [-0.05, 0) is 52.5 Å². The van der Waals surface area contributed by atoms with E-state index in [4.69, 9.17) is 5.73 Å². The van der Waals surface area contributed by atoms with Gasteiger partial charge in [-0.25, -0.2) is 0 Å². The molecule has 2 rings (SSSR count). The number of amides is 1. The number of hydroxylamine groups is 2. The van der Waals surface area contributed by atoms with Crippen LogP contribution in [0.15, 0.2) is 30.3 Å². The molecule has 0 aromatic heterocycles. The number of nitrogens with one attached hydrogen (secondary N) is 1. The molecule has 0 aliphatic carbocycles. The van der Waals surface area contributed by atoms with E-state index in [1.807, 2.05) is 58.0 Å². The van der Waals surface area contributed by atoms with Gasteiger partial charge in [0.1, 0.15) is 0 Å². The first kappa shape index (κ1) is 18.9. The molecule has 24 heavy (non-hydrogen) atoms. The van der Waals surface area contributed by atoms with E-state index in [1.54, 1.807) is 0 Å². The highest BCUT2D eigenvalue weighted by molar-refractivity contribution is 5.76. The van der Waals surface area contributed by atoms with E-state index in [-0.39, 0.29) is 23.5 Å². The van der Waals surface area contributed by atoms with Crippen LogP contribution < -0.4 is 11.1 Å². The van der Waals surface area contributed by atoms with Gasteiger partial charge in [-0.15, -0.1) is 0 Å². The van der Waals surface area contributed by atoms with Crippen LogP contribution in [0.5, 0.6) is 0 Å². The summed E-state index contributed by atoms with van der Waals surface area (Å²) in [5, 5.41) is 14.8. The lowest BCUT2D eigenvalue weighted by atomic mass is 9.94. The van der Waals surface area contributed by atoms with Crippen molar-refractivity contribution in [1.82, 2.24) is 10.4 Å². The average Bonchev–Trinajstić information content (AvgIpc) is 2.68. The molecular weight excluding hydrogens is 302 g/mol. The van der Waals surface area contributed by atoms with Crippen molar-refractivity contribution in [2.45, 2.75) is 76.5 Å². The Kier molecular flexibility index (Phi) is 5.68. The van der Waals surface area contributed by atoms with Crippen LogP contribution in [0.2, 0.25) is 0 Å². The quantitative estimate of drug-likeness (QED) is 0.748. The molecule has 2 atom stereocenters. The van der Waals surface area contributed by atoms with Gasteiger partial charge in [-0.3, -0.25) is 4.79 Å². The van der Waals surface area contributed by atoms with Gasteiger partial charge in [-0.2, -0.15) is 5.06 Å². The van der Waals surface area contributed by atoms with Crippen LogP contribution in [-0.4, -0.2) is 33.3 Å². The maximum atomic E-state index is 12.3. The summed E-state index contributed by atoms with van der Waals surface area (Å²) in [5.41, 5.74) is 6.47. The maximum absolute atomic E-state index is 12.3. The van der Waals surface area contributed by atoms with Crippen LogP contribution in [0, 0.1) is 0 Å². The van der Waals surface area contributed by atoms with Crippen molar-refractivity contribution in [3.63, 3.8) is 0 Å². The molecule has 1 aromatic carbocycles. The van der Waals surface area contributed by atoms with Crippen LogP contribution in [-0.2, 0) is 4.79 Å². The van der Waals surface area contributed by atoms with Crippen molar-refractivity contribution >= 4 is 5.91 Å². The zero-order chi connectivity index (χ0) is 18.0. The van der Waals surface area contributed by atoms with Gasteiger partial charge in [0, 0.05) is 18.0 Å². The summed E-state index contributed by atoms with van der Waals surface area (Å²) in [4.78, 5) is 12.3. The minimum Gasteiger partial charge on any atom is -0.351 e. The van der Waals surface area contributed by atoms with Gasteiger partial charge in [0.25, 0.3) is 0 Å². The highest BCUT2D eigenvalue weighted by Gasteiger charge is 2.51. The van der Waals surface area contributed by atoms with Crippen LogP contribution >= 0.6 is 0 Å². The summed E-state index contributed by atoms with van der Waals surface area (Å²) in [5.74, 6) is 0.0273. The second-order valence-corrected chi connectivity index (χ2v) is 8.01. The summed E-state index contributed by atoms with van der Waals surface area (Å²) >= 11 is 0. The fourth-order valence-electron chi connectivity index (χ4n) is 3.61. The molecule has 5 nitrogen and oxygen atoms in total. The van der Waals surface area contributed by atoms with Crippen molar-refractivity contribution in [2.24, 2.45) is 5.73 Å². The molecule has 134 valence electrons. The predicted octanol–water partition coefficient (Wildman–Crippen LogP) is 2.99. The minimum atomic E-state index is -0.473. The molecule has 1 amide bonds. The number of hydrogen-bond acceptors (Lipinski definition) is 4. The molecule has 1 heterocycles. The monoisotopic (exact) mass is 333 g/mol. The van der Waals surface area contributed by atoms with Crippen LogP contribution in [0.25, 0.3) is 0 Å². The van der Waals surface area contributed by atoms with Crippen molar-refractivity contribution < 1.29 is 10.0 Å². The normalized spacial score (nSPS) is 23.8. The summed E-state index contributed by atoms with van der Waals surface area (Å²) in [6.07, 6.45) is 2.72. The van der Waals surface area contributed by atoms with Crippen molar-refractivity contribution in [3.8, 4) is 0 Å². The molecule has 1 aliphatic rings. The van der Waals surface area contributed by atoms with Gasteiger partial charge in [0.05, 0.1) is 11.6 Å². The summed E-state index contributed by atoms with van der Waals surface area (Å²) < 4.78 is 0. The number of hydrogen-bond donors (Lipinski definition) is 3. The standard InChI is InChI=1S/C19H31N3O2/c1-18(2)13-16(19(3,4)22(18)24)21-17(23)12-8-11-15(20)14-9-6-5-7-10-14/h5-7,9-10,15-16,24H,8,11-13,20H2,1-4H3,(H,21,23). The van der Waals surface area contributed by atoms with Crippen LogP contribution in [0.1, 0.15) is 65.0 Å². The lowest BCUT2D eigenvalue weighted by Crippen LogP contribution is -2.53. The Morgan fingerprint density at radius 3 is 2.50 bits per heavy atom. The molecule has 0 spiro atoms. The number of rotatable bonds is 6. The zero-order valence-electron chi connectivity index (χ0n) is 15.2. The Balaban J connectivity index is 1.80. The Labute approximate surface area is 145 Å². The Morgan fingerprint density at radius 2 is 1.96 bits per heavy atom. The molecule has 0 bridgehead atoms. The first-order valence-electron chi connectivity index (χ1n) is 8.73. The lowest BCUT2D eigenvalue weighted by molar-refractivity contribution is -0.194. The molecule has 1 aliphatic heterocycles. The first-order chi connectivity index (χ1) is 11.1. The molecule has 1 fully saturated rings. The van der Waals surface area contributed by atoms with Gasteiger partial charge in [0.2, 0.25) is 5.91 Å². The predicted molar refractivity (Wildman–Crippen MR) is 95.6 cm³/mol. The molecule has 5 heteroatoms. The third-order valence-corrected chi connectivity index (χ3v) is 5.16. The molecular formula is C19H31N3O2. The first-order valence-corrected chi connectivity index (χ1v) is 8.73. The zero-order valence-corrected chi connectivity index (χ0v) is 15.2. The van der Waals surface area contributed by atoms with E-state index < -0.39 is 5.54 Å². The molecule has 2 unspecified atom stereocenters. The lowest BCUT2D eigenvalue weighted by Gasteiger charge is -2.35. The number of carbonyl (C=O) groups excluding carboxylic acids is 1. The average molecular weight is 333 g/mol. The fraction of sp³-hybridized carbons (Fsp3) is 0.632.